The van der Waals surface area contributed by atoms with E-state index in [1.807, 2.05) is 24.3 Å². The fourth-order valence-electron chi connectivity index (χ4n) is 3.17. The Morgan fingerprint density at radius 3 is 2.69 bits per heavy atom. The number of benzene rings is 2. The monoisotopic (exact) mass is 368 g/mol. The SMILES string of the molecule is C=CCSC1=NN2[C@H](C(=O)N1)c1ccccc1N[C@H]2c1ccccc1F. The molecule has 2 aromatic carbocycles. The maximum Gasteiger partial charge on any atom is 0.255 e. The van der Waals surface area contributed by atoms with Crippen molar-refractivity contribution in [2.24, 2.45) is 5.10 Å². The van der Waals surface area contributed by atoms with Crippen LogP contribution in [0.25, 0.3) is 0 Å². The van der Waals surface area contributed by atoms with Crippen LogP contribution in [0.5, 0.6) is 0 Å². The Morgan fingerprint density at radius 1 is 1.19 bits per heavy atom. The molecule has 0 saturated carbocycles. The van der Waals surface area contributed by atoms with Gasteiger partial charge in [-0.15, -0.1) is 11.7 Å². The largest absolute Gasteiger partial charge is 0.360 e. The molecule has 2 aliphatic rings. The number of fused-ring (bicyclic) bond motifs is 3. The number of nitrogens with zero attached hydrogens (tertiary/aromatic N) is 2. The van der Waals surface area contributed by atoms with Crippen molar-refractivity contribution < 1.29 is 9.18 Å². The molecule has 2 heterocycles. The fourth-order valence-corrected chi connectivity index (χ4v) is 3.77. The average Bonchev–Trinajstić information content (AvgIpc) is 2.66. The second-order valence-corrected chi connectivity index (χ2v) is 6.94. The van der Waals surface area contributed by atoms with E-state index in [4.69, 9.17) is 0 Å². The molecule has 2 N–H and O–H groups in total. The zero-order valence-corrected chi connectivity index (χ0v) is 14.7. The molecule has 26 heavy (non-hydrogen) atoms. The highest BCUT2D eigenvalue weighted by Gasteiger charge is 2.42. The molecular formula is C19H17FN4OS. The summed E-state index contributed by atoms with van der Waals surface area (Å²) < 4.78 is 14.5. The lowest BCUT2D eigenvalue weighted by Gasteiger charge is -2.43. The van der Waals surface area contributed by atoms with Crippen LogP contribution >= 0.6 is 11.8 Å². The van der Waals surface area contributed by atoms with Gasteiger partial charge in [-0.05, 0) is 12.1 Å². The van der Waals surface area contributed by atoms with E-state index >= 15 is 0 Å². The Morgan fingerprint density at radius 2 is 1.92 bits per heavy atom. The second kappa shape index (κ2) is 6.84. The minimum atomic E-state index is -0.620. The topological polar surface area (TPSA) is 56.7 Å². The maximum atomic E-state index is 14.5. The van der Waals surface area contributed by atoms with Crippen molar-refractivity contribution >= 4 is 28.5 Å². The van der Waals surface area contributed by atoms with Gasteiger partial charge >= 0.3 is 0 Å². The van der Waals surface area contributed by atoms with E-state index in [1.165, 1.54) is 17.8 Å². The summed E-state index contributed by atoms with van der Waals surface area (Å²) in [6, 6.07) is 13.4. The third kappa shape index (κ3) is 2.84. The normalized spacial score (nSPS) is 21.0. The highest BCUT2D eigenvalue weighted by Crippen LogP contribution is 2.42. The number of halogens is 1. The van der Waals surface area contributed by atoms with Crippen LogP contribution in [0.2, 0.25) is 0 Å². The molecule has 0 bridgehead atoms. The molecule has 5 nitrogen and oxygen atoms in total. The maximum absolute atomic E-state index is 14.5. The van der Waals surface area contributed by atoms with E-state index in [9.17, 15) is 9.18 Å². The predicted molar refractivity (Wildman–Crippen MR) is 102 cm³/mol. The van der Waals surface area contributed by atoms with Gasteiger partial charge in [0.15, 0.2) is 11.2 Å². The van der Waals surface area contributed by atoms with Gasteiger partial charge in [0.2, 0.25) is 0 Å². The van der Waals surface area contributed by atoms with Gasteiger partial charge in [-0.2, -0.15) is 0 Å². The van der Waals surface area contributed by atoms with Crippen molar-refractivity contribution in [3.8, 4) is 0 Å². The third-order valence-corrected chi connectivity index (χ3v) is 5.16. The molecule has 7 heteroatoms. The number of amidine groups is 1. The molecule has 2 atom stereocenters. The molecule has 0 unspecified atom stereocenters. The number of carbonyl (C=O) groups excluding carboxylic acids is 1. The Kier molecular flexibility index (Phi) is 4.38. The number of nitrogens with one attached hydrogen (secondary N) is 2. The Balaban J connectivity index is 1.83. The Hall–Kier alpha value is -2.80. The van der Waals surface area contributed by atoms with Crippen LogP contribution < -0.4 is 10.6 Å². The summed E-state index contributed by atoms with van der Waals surface area (Å²) in [5.74, 6) is 0.0953. The van der Waals surface area contributed by atoms with Crippen molar-refractivity contribution in [2.75, 3.05) is 11.1 Å². The van der Waals surface area contributed by atoms with Crippen LogP contribution in [0.3, 0.4) is 0 Å². The van der Waals surface area contributed by atoms with Gasteiger partial charge in [0, 0.05) is 22.6 Å². The number of hydrogen-bond donors (Lipinski definition) is 2. The fraction of sp³-hybridized carbons (Fsp3) is 0.158. The lowest BCUT2D eigenvalue weighted by atomic mass is 9.97. The number of hydrazone groups is 1. The van der Waals surface area contributed by atoms with Crippen molar-refractivity contribution in [1.82, 2.24) is 10.3 Å². The van der Waals surface area contributed by atoms with E-state index in [1.54, 1.807) is 29.3 Å². The highest BCUT2D eigenvalue weighted by molar-refractivity contribution is 8.14. The molecule has 1 amide bonds. The lowest BCUT2D eigenvalue weighted by Crippen LogP contribution is -2.51. The van der Waals surface area contributed by atoms with E-state index in [2.05, 4.69) is 22.3 Å². The Bertz CT molecular complexity index is 901. The number of thioether (sulfide) groups is 1. The van der Waals surface area contributed by atoms with Crippen LogP contribution in [0.1, 0.15) is 23.3 Å². The van der Waals surface area contributed by atoms with E-state index in [0.717, 1.165) is 11.3 Å². The van der Waals surface area contributed by atoms with Crippen molar-refractivity contribution in [2.45, 2.75) is 12.2 Å². The zero-order chi connectivity index (χ0) is 18.1. The first-order valence-corrected chi connectivity index (χ1v) is 9.19. The van der Waals surface area contributed by atoms with Crippen molar-refractivity contribution in [3.05, 3.63) is 78.1 Å². The van der Waals surface area contributed by atoms with Gasteiger partial charge < -0.3 is 10.6 Å². The van der Waals surface area contributed by atoms with Gasteiger partial charge in [-0.1, -0.05) is 54.2 Å². The quantitative estimate of drug-likeness (QED) is 0.813. The molecule has 132 valence electrons. The first-order valence-electron chi connectivity index (χ1n) is 8.20. The van der Waals surface area contributed by atoms with Gasteiger partial charge in [0.25, 0.3) is 5.91 Å². The van der Waals surface area contributed by atoms with E-state index in [0.29, 0.717) is 16.5 Å². The van der Waals surface area contributed by atoms with E-state index < -0.39 is 12.2 Å². The van der Waals surface area contributed by atoms with Gasteiger partial charge in [0.05, 0.1) is 0 Å². The van der Waals surface area contributed by atoms with Crippen LogP contribution in [0.4, 0.5) is 10.1 Å². The molecule has 2 aromatic rings. The molecule has 4 rings (SSSR count). The molecule has 2 aliphatic heterocycles. The summed E-state index contributed by atoms with van der Waals surface area (Å²) in [5, 5.41) is 12.9. The zero-order valence-electron chi connectivity index (χ0n) is 13.9. The minimum absolute atomic E-state index is 0.179. The molecule has 0 aromatic heterocycles. The summed E-state index contributed by atoms with van der Waals surface area (Å²) in [6.45, 7) is 3.69. The first kappa shape index (κ1) is 16.7. The minimum Gasteiger partial charge on any atom is -0.360 e. The second-order valence-electron chi connectivity index (χ2n) is 5.93. The smallest absolute Gasteiger partial charge is 0.255 e. The molecule has 0 fully saturated rings. The summed E-state index contributed by atoms with van der Waals surface area (Å²) in [6.07, 6.45) is 1.16. The average molecular weight is 368 g/mol. The number of hydrogen-bond acceptors (Lipinski definition) is 5. The number of anilines is 1. The van der Waals surface area contributed by atoms with E-state index in [-0.39, 0.29) is 11.7 Å². The summed E-state index contributed by atoms with van der Waals surface area (Å²) in [5.41, 5.74) is 2.06. The third-order valence-electron chi connectivity index (χ3n) is 4.30. The van der Waals surface area contributed by atoms with Gasteiger partial charge in [0.1, 0.15) is 12.0 Å². The molecule has 0 radical (unpaired) electrons. The van der Waals surface area contributed by atoms with Crippen molar-refractivity contribution in [1.29, 1.82) is 0 Å². The highest BCUT2D eigenvalue weighted by atomic mass is 32.2. The lowest BCUT2D eigenvalue weighted by molar-refractivity contribution is -0.127. The number of carbonyl (C=O) groups is 1. The van der Waals surface area contributed by atoms with Crippen molar-refractivity contribution in [3.63, 3.8) is 0 Å². The van der Waals surface area contributed by atoms with Gasteiger partial charge in [-0.3, -0.25) is 9.80 Å². The number of para-hydroxylation sites is 1. The van der Waals surface area contributed by atoms with Crippen LogP contribution in [0, 0.1) is 5.82 Å². The summed E-state index contributed by atoms with van der Waals surface area (Å²) in [4.78, 5) is 12.8. The van der Waals surface area contributed by atoms with Gasteiger partial charge in [-0.25, -0.2) is 4.39 Å². The standard InChI is InChI=1S/C19H17FN4OS/c1-2-11-26-19-22-18(25)16-13-8-4-6-10-15(13)21-17(24(16)23-19)12-7-3-5-9-14(12)20/h2-10,16-17,21H,1,11H2,(H,22,23,25)/t16-,17+/m0/s1. The van der Waals surface area contributed by atoms with Crippen LogP contribution in [-0.2, 0) is 4.79 Å². The van der Waals surface area contributed by atoms with Crippen LogP contribution in [0.15, 0.2) is 66.3 Å². The molecule has 0 spiro atoms. The molecular weight excluding hydrogens is 351 g/mol. The number of amides is 1. The van der Waals surface area contributed by atoms with Crippen LogP contribution in [-0.4, -0.2) is 21.8 Å². The summed E-state index contributed by atoms with van der Waals surface area (Å²) in [7, 11) is 0. The Labute approximate surface area is 155 Å². The first-order chi connectivity index (χ1) is 12.7. The number of rotatable bonds is 3. The predicted octanol–water partition coefficient (Wildman–Crippen LogP) is 3.61. The molecule has 0 aliphatic carbocycles. The summed E-state index contributed by atoms with van der Waals surface area (Å²) >= 11 is 1.38. The molecule has 0 saturated heterocycles.